The molecule has 14 N–H and O–H groups in total. The molecule has 3 rings (SSSR count). The van der Waals surface area contributed by atoms with Crippen molar-refractivity contribution >= 4 is 120 Å². The Morgan fingerprint density at radius 2 is 1.04 bits per heavy atom. The number of carbonyl (C=O) groups excluding carboxylic acids is 7. The van der Waals surface area contributed by atoms with Gasteiger partial charge in [0.05, 0.1) is 43.6 Å². The van der Waals surface area contributed by atoms with Gasteiger partial charge in [-0.05, 0) is 78.5 Å². The summed E-state index contributed by atoms with van der Waals surface area (Å²) in [5.41, 5.74) is 0.181. The molecule has 109 heavy (non-hydrogen) atoms. The van der Waals surface area contributed by atoms with Gasteiger partial charge in [-0.25, -0.2) is 14.3 Å². The van der Waals surface area contributed by atoms with E-state index in [2.05, 4.69) is 36.9 Å². The first-order chi connectivity index (χ1) is 50.8. The second-order valence-corrected chi connectivity index (χ2v) is 40.4. The Kier molecular flexibility index (Phi) is 40.4. The van der Waals surface area contributed by atoms with E-state index in [4.69, 9.17) is 15.3 Å². The number of aliphatic carboxylic acids is 7. The number of carboxylic acids is 7. The lowest BCUT2D eigenvalue weighted by atomic mass is 9.90. The summed E-state index contributed by atoms with van der Waals surface area (Å²) in [7, 11) is -11.5. The summed E-state index contributed by atoms with van der Waals surface area (Å²) in [5.74, 6) is -16.7. The number of Topliss-reactive ketones (excluding diaryl/α,β-unsaturated/α-hetero) is 2. The van der Waals surface area contributed by atoms with E-state index in [0.29, 0.717) is 43.8 Å². The molecule has 0 radical (unpaired) electrons. The van der Waals surface area contributed by atoms with Crippen LogP contribution in [-0.2, 0) is 78.0 Å². The van der Waals surface area contributed by atoms with Crippen LogP contribution < -0.4 is 31.8 Å². The van der Waals surface area contributed by atoms with Crippen molar-refractivity contribution < 1.29 is 126 Å². The van der Waals surface area contributed by atoms with E-state index in [1.54, 1.807) is 21.9 Å². The summed E-state index contributed by atoms with van der Waals surface area (Å²) in [6, 6.07) is 1.62. The van der Waals surface area contributed by atoms with E-state index in [1.807, 2.05) is 46.4 Å². The lowest BCUT2D eigenvalue weighted by Gasteiger charge is -2.44. The molecular weight excluding hydrogens is 1510 g/mol. The zero-order chi connectivity index (χ0) is 82.0. The van der Waals surface area contributed by atoms with Gasteiger partial charge in [0, 0.05) is 134 Å². The maximum absolute atomic E-state index is 17.2. The van der Waals surface area contributed by atoms with Gasteiger partial charge in [0.15, 0.2) is 0 Å². The second kappa shape index (κ2) is 46.1. The maximum Gasteiger partial charge on any atom is 0.326 e. The number of hydrogen-bond acceptors (Lipinski definition) is 21. The molecule has 0 saturated carbocycles. The van der Waals surface area contributed by atoms with Crippen LogP contribution >= 0.6 is 23.3 Å². The minimum absolute atomic E-state index is 0.0286. The molecule has 1 aromatic heterocycles. The van der Waals surface area contributed by atoms with Crippen molar-refractivity contribution in [2.75, 3.05) is 89.7 Å². The summed E-state index contributed by atoms with van der Waals surface area (Å²) in [5, 5.41) is 85.8. The van der Waals surface area contributed by atoms with Gasteiger partial charge in [0.25, 0.3) is 14.3 Å². The molecule has 8 atom stereocenters. The van der Waals surface area contributed by atoms with E-state index in [0.717, 1.165) is 4.68 Å². The average molecular weight is 1620 g/mol. The third-order valence-corrected chi connectivity index (χ3v) is 28.4. The number of aromatic nitrogens is 3. The first-order valence-corrected chi connectivity index (χ1v) is 43.4. The number of hydrogen-bond donors (Lipinski definition) is 14. The second-order valence-electron chi connectivity index (χ2n) is 29.4. The van der Waals surface area contributed by atoms with Crippen molar-refractivity contribution in [2.24, 2.45) is 11.8 Å². The van der Waals surface area contributed by atoms with E-state index in [1.165, 1.54) is 18.3 Å². The number of halogens is 1. The monoisotopic (exact) mass is 1620 g/mol. The van der Waals surface area contributed by atoms with E-state index >= 15 is 4.11 Å². The molecular formula is C68H109FN11O25P3Si. The highest BCUT2D eigenvalue weighted by molar-refractivity contribution is 7.58. The van der Waals surface area contributed by atoms with Gasteiger partial charge < -0.3 is 76.2 Å². The molecule has 0 aliphatic carbocycles. The first kappa shape index (κ1) is 95.4. The summed E-state index contributed by atoms with van der Waals surface area (Å²) in [4.78, 5) is 200. The van der Waals surface area contributed by atoms with Crippen molar-refractivity contribution in [3.8, 4) is 0 Å². The smallest absolute Gasteiger partial charge is 0.326 e. The number of amides is 5. The molecule has 1 saturated heterocycles. The number of benzene rings is 1. The molecule has 2 aromatic rings. The highest BCUT2D eigenvalue weighted by Crippen LogP contribution is 2.51. The number of ketones is 2. The third-order valence-electron chi connectivity index (χ3n) is 18.4. The van der Waals surface area contributed by atoms with Crippen molar-refractivity contribution in [2.45, 2.75) is 192 Å². The van der Waals surface area contributed by atoms with Crippen LogP contribution in [-0.4, -0.2) is 268 Å². The lowest BCUT2D eigenvalue weighted by molar-refractivity contribution is -0.146. The average Bonchev–Trinajstić information content (AvgIpc) is 0.940. The Hall–Kier alpha value is -7.82. The zero-order valence-electron chi connectivity index (χ0n) is 62.6. The Balaban J connectivity index is 1.62. The normalized spacial score (nSPS) is 16.1. The highest BCUT2D eigenvalue weighted by Gasteiger charge is 2.56. The van der Waals surface area contributed by atoms with Gasteiger partial charge in [0.2, 0.25) is 38.4 Å². The number of carbonyl (C=O) groups is 14. The summed E-state index contributed by atoms with van der Waals surface area (Å²) < 4.78 is 45.0. The molecule has 1 aliphatic rings. The molecule has 2 heterocycles. The minimum atomic E-state index is -4.08. The summed E-state index contributed by atoms with van der Waals surface area (Å²) >= 11 is 0. The number of nitrogens with zero attached hydrogens (tertiary/aromatic N) is 6. The van der Waals surface area contributed by atoms with Crippen molar-refractivity contribution in [1.29, 1.82) is 0 Å². The molecule has 5 amide bonds. The topological polar surface area (TPSA) is 556 Å². The Morgan fingerprint density at radius 3 is 1.55 bits per heavy atom. The summed E-state index contributed by atoms with van der Waals surface area (Å²) in [6.45, 7) is 12.0. The van der Waals surface area contributed by atoms with E-state index < -0.39 is 204 Å². The summed E-state index contributed by atoms with van der Waals surface area (Å²) in [6.07, 6.45) is -3.46. The molecule has 0 bridgehead atoms. The van der Waals surface area contributed by atoms with Gasteiger partial charge in [-0.15, -0.1) is 13.7 Å². The number of nitrogens with one attached hydrogen (secondary N) is 5. The highest BCUT2D eigenvalue weighted by atomic mass is 31.2. The van der Waals surface area contributed by atoms with Crippen molar-refractivity contribution in [3.63, 3.8) is 0 Å². The van der Waals surface area contributed by atoms with Gasteiger partial charge in [-0.1, -0.05) is 65.3 Å². The SMILES string of the molecule is CC(C)(C)[Si](F)(c1ccc(C(=O)NC[C@@H](C(=O)N[C@H](CCCCNC(=O)CCC(=O)CCCC[C@H](NC(=O)CC[C@H](CC(=O)C[C@@H](CCC(=O)O)C(=O)O)C(=O)O)C(=O)O)C(=O)O)n2cc(CNC(=O)CCP(=O)(O)CN3CCN(CPCCC(=O)O)CCN(CP(=O)(O)CCC(=O)O)CC3)nn2)cc1)C(C)(C)C. The van der Waals surface area contributed by atoms with Crippen LogP contribution in [0.4, 0.5) is 4.11 Å². The Morgan fingerprint density at radius 1 is 0.541 bits per heavy atom. The molecule has 1 aliphatic heterocycles. The van der Waals surface area contributed by atoms with Gasteiger partial charge >= 0.3 is 41.8 Å². The largest absolute Gasteiger partial charge is 0.481 e. The minimum Gasteiger partial charge on any atom is -0.481 e. The molecule has 1 fully saturated rings. The van der Waals surface area contributed by atoms with Crippen LogP contribution in [0.3, 0.4) is 0 Å². The Bertz CT molecular complexity index is 3550. The maximum atomic E-state index is 17.2. The van der Waals surface area contributed by atoms with Crippen LogP contribution in [0.1, 0.15) is 179 Å². The van der Waals surface area contributed by atoms with Gasteiger partial charge in [-0.2, -0.15) is 0 Å². The van der Waals surface area contributed by atoms with E-state index in [-0.39, 0.29) is 135 Å². The molecule has 612 valence electrons. The fraction of sp³-hybridized carbons (Fsp3) is 0.676. The predicted octanol–water partition coefficient (Wildman–Crippen LogP) is 3.67. The van der Waals surface area contributed by atoms with Gasteiger partial charge in [0.1, 0.15) is 35.4 Å². The molecule has 36 nitrogen and oxygen atoms in total. The molecule has 0 spiro atoms. The van der Waals surface area contributed by atoms with E-state index in [9.17, 15) is 106 Å². The van der Waals surface area contributed by atoms with Crippen LogP contribution in [0.25, 0.3) is 0 Å². The molecule has 3 unspecified atom stereocenters. The standard InChI is InChI=1S/C68H109FN11O25P3Si/c1-67(2,3)109(69,68(4,5)6)51-19-14-45(15-20-51)61(92)72-40-54(80-41-48(75-76-80)39-71-56(84)25-35-107(102,103)43-78-30-28-77(42-106-34-24-59(88)89)29-31-79(33-32-78)44-108(104,105)36-26-60(90)91)62(93)74-53(66(100)101)13-9-10-27-70-55(83)22-18-49(81)11-7-8-12-52(65(98)99)73-57(85)21-16-46(63(94)95)37-50(82)38-47(64(96)97)17-23-58(86)87/h14-15,19-20,41,46-47,52-54,106H,7-13,16-18,21-40,42-44H2,1-6H3,(H,70,83)(H,71,84)(H,72,92)(H,73,85)(H,74,93)(H,86,87)(H,88,89)(H,90,91)(H,94,95)(H,96,97)(H,98,99)(H,100,101)(H,102,103)(H,104,105)/t46-,47-,52+,53-,54+/m1/s1. The lowest BCUT2D eigenvalue weighted by Crippen LogP contribution is -2.57. The van der Waals surface area contributed by atoms with Crippen LogP contribution in [0.15, 0.2) is 30.5 Å². The van der Waals surface area contributed by atoms with Crippen LogP contribution in [0.2, 0.25) is 10.1 Å². The van der Waals surface area contributed by atoms with Gasteiger partial charge in [-0.3, -0.25) is 81.4 Å². The number of carboxylic acid groups (broad SMARTS) is 7. The third kappa shape index (κ3) is 36.3. The molecule has 41 heteroatoms. The predicted molar refractivity (Wildman–Crippen MR) is 398 cm³/mol. The van der Waals surface area contributed by atoms with Crippen LogP contribution in [0.5, 0.6) is 0 Å². The van der Waals surface area contributed by atoms with Crippen LogP contribution in [0, 0.1) is 11.8 Å². The quantitative estimate of drug-likeness (QED) is 0.0194. The fourth-order valence-electron chi connectivity index (χ4n) is 12.4. The first-order valence-electron chi connectivity index (χ1n) is 36.0. The fourth-order valence-corrected chi connectivity index (χ4v) is 21.4. The van der Waals surface area contributed by atoms with Crippen molar-refractivity contribution in [3.05, 3.63) is 41.7 Å². The number of rotatable bonds is 52. The zero-order valence-corrected chi connectivity index (χ0v) is 66.4. The number of unbranched alkanes of at least 4 members (excludes halogenated alkanes) is 2. The van der Waals surface area contributed by atoms with Crippen molar-refractivity contribution in [1.82, 2.24) is 56.3 Å². The Labute approximate surface area is 634 Å². The molecule has 1 aromatic carbocycles.